The van der Waals surface area contributed by atoms with E-state index in [-0.39, 0.29) is 12.5 Å². The molecule has 1 aliphatic heterocycles. The molecule has 4 atom stereocenters. The standard InChI is InChI=1S/C25H36IN3O6/c1-7-15(2)20(22(27)30)28-23(31)21-19(11-13-29(21)24(32)35-25(3,4)5)34-17-8-9-18(33-6)16(14-17)10-12-26/h8-10,12,14-15,19-21H,7,11,13H2,1-6H3,(H2,27,30)(H,28,31)/b12-10-/t15-,19-,20-,21-/m0/s1. The van der Waals surface area contributed by atoms with Gasteiger partial charge in [0.05, 0.1) is 7.11 Å². The number of likely N-dealkylation sites (tertiary alicyclic amines) is 1. The van der Waals surface area contributed by atoms with Crippen LogP contribution in [0.5, 0.6) is 11.5 Å². The SMILES string of the molecule is CC[C@H](C)[C@H](NC(=O)[C@@H]1[C@@H](Oc2ccc(OC)c(/C=C\I)c2)CCN1C(=O)OC(C)(C)C)C(N)=O. The van der Waals surface area contributed by atoms with Gasteiger partial charge >= 0.3 is 6.09 Å². The van der Waals surface area contributed by atoms with Gasteiger partial charge in [0.25, 0.3) is 0 Å². The molecule has 0 saturated carbocycles. The first-order chi connectivity index (χ1) is 16.4. The molecule has 1 aliphatic rings. The van der Waals surface area contributed by atoms with Crippen molar-refractivity contribution in [3.05, 3.63) is 27.8 Å². The highest BCUT2D eigenvalue weighted by molar-refractivity contribution is 14.1. The van der Waals surface area contributed by atoms with E-state index in [1.54, 1.807) is 40.0 Å². The van der Waals surface area contributed by atoms with Crippen molar-refractivity contribution in [1.29, 1.82) is 0 Å². The lowest BCUT2D eigenvalue weighted by atomic mass is 9.98. The molecule has 0 bridgehead atoms. The number of carbonyl (C=O) groups is 3. The van der Waals surface area contributed by atoms with Gasteiger partial charge in [-0.3, -0.25) is 14.5 Å². The van der Waals surface area contributed by atoms with E-state index < -0.39 is 41.7 Å². The minimum atomic E-state index is -0.999. The summed E-state index contributed by atoms with van der Waals surface area (Å²) in [5, 5.41) is 2.75. The second kappa shape index (κ2) is 12.5. The second-order valence-corrected chi connectivity index (χ2v) is 10.3. The fourth-order valence-electron chi connectivity index (χ4n) is 3.85. The van der Waals surface area contributed by atoms with E-state index in [4.69, 9.17) is 19.9 Å². The molecular formula is C25H36IN3O6. The number of halogens is 1. The largest absolute Gasteiger partial charge is 0.496 e. The molecule has 35 heavy (non-hydrogen) atoms. The zero-order chi connectivity index (χ0) is 26.3. The number of hydrogen-bond acceptors (Lipinski definition) is 6. The minimum Gasteiger partial charge on any atom is -0.496 e. The predicted octanol–water partition coefficient (Wildman–Crippen LogP) is 3.87. The molecule has 3 N–H and O–H groups in total. The Balaban J connectivity index is 2.36. The topological polar surface area (TPSA) is 120 Å². The molecule has 1 aromatic rings. The summed E-state index contributed by atoms with van der Waals surface area (Å²) >= 11 is 2.12. The Bertz CT molecular complexity index is 946. The van der Waals surface area contributed by atoms with E-state index in [1.165, 1.54) is 4.90 Å². The van der Waals surface area contributed by atoms with Gasteiger partial charge in [0.2, 0.25) is 11.8 Å². The molecule has 0 radical (unpaired) electrons. The van der Waals surface area contributed by atoms with Crippen LogP contribution in [0.15, 0.2) is 22.3 Å². The maximum absolute atomic E-state index is 13.5. The van der Waals surface area contributed by atoms with Gasteiger partial charge in [0.1, 0.15) is 29.2 Å². The van der Waals surface area contributed by atoms with Gasteiger partial charge in [-0.1, -0.05) is 42.9 Å². The van der Waals surface area contributed by atoms with Crippen LogP contribution in [0.2, 0.25) is 0 Å². The van der Waals surface area contributed by atoms with Crippen LogP contribution in [0.25, 0.3) is 6.08 Å². The van der Waals surface area contributed by atoms with Gasteiger partial charge in [-0.25, -0.2) is 4.79 Å². The van der Waals surface area contributed by atoms with Crippen molar-refractivity contribution >= 4 is 46.6 Å². The van der Waals surface area contributed by atoms with Gasteiger partial charge in [0, 0.05) is 18.5 Å². The summed E-state index contributed by atoms with van der Waals surface area (Å²) in [7, 11) is 1.59. The predicted molar refractivity (Wildman–Crippen MR) is 142 cm³/mol. The van der Waals surface area contributed by atoms with Gasteiger partial charge in [-0.2, -0.15) is 0 Å². The number of nitrogens with one attached hydrogen (secondary N) is 1. The molecule has 0 aliphatic carbocycles. The molecule has 0 aromatic heterocycles. The second-order valence-electron chi connectivity index (χ2n) is 9.53. The third-order valence-corrected chi connectivity index (χ3v) is 6.15. The average Bonchev–Trinajstić information content (AvgIpc) is 3.19. The number of primary amides is 1. The van der Waals surface area contributed by atoms with Crippen molar-refractivity contribution in [3.63, 3.8) is 0 Å². The van der Waals surface area contributed by atoms with Gasteiger partial charge in [0.15, 0.2) is 6.04 Å². The summed E-state index contributed by atoms with van der Waals surface area (Å²) in [6.07, 6.45) is 1.66. The average molecular weight is 601 g/mol. The molecule has 0 unspecified atom stereocenters. The number of ether oxygens (including phenoxy) is 3. The molecule has 3 amide bonds. The van der Waals surface area contributed by atoms with E-state index >= 15 is 0 Å². The normalized spacial score (nSPS) is 19.8. The molecule has 1 saturated heterocycles. The van der Waals surface area contributed by atoms with Crippen LogP contribution in [-0.4, -0.2) is 60.3 Å². The summed E-state index contributed by atoms with van der Waals surface area (Å²) in [4.78, 5) is 39.8. The van der Waals surface area contributed by atoms with E-state index in [0.717, 1.165) is 5.56 Å². The molecule has 10 heteroatoms. The van der Waals surface area contributed by atoms with Crippen LogP contribution in [0, 0.1) is 5.92 Å². The van der Waals surface area contributed by atoms with Crippen molar-refractivity contribution < 1.29 is 28.6 Å². The Morgan fingerprint density at radius 1 is 1.31 bits per heavy atom. The number of rotatable bonds is 9. The van der Waals surface area contributed by atoms with Crippen LogP contribution in [0.3, 0.4) is 0 Å². The summed E-state index contributed by atoms with van der Waals surface area (Å²) < 4.78 is 19.0. The van der Waals surface area contributed by atoms with Gasteiger partial charge in [-0.05, 0) is 55.0 Å². The van der Waals surface area contributed by atoms with Crippen molar-refractivity contribution in [3.8, 4) is 11.5 Å². The quantitative estimate of drug-likeness (QED) is 0.415. The van der Waals surface area contributed by atoms with Gasteiger partial charge in [-0.15, -0.1) is 0 Å². The maximum atomic E-state index is 13.5. The minimum absolute atomic E-state index is 0.170. The molecule has 1 aromatic carbocycles. The molecule has 194 valence electrons. The Morgan fingerprint density at radius 3 is 2.54 bits per heavy atom. The zero-order valence-electron chi connectivity index (χ0n) is 21.2. The van der Waals surface area contributed by atoms with Crippen molar-refractivity contribution in [2.45, 2.75) is 71.2 Å². The van der Waals surface area contributed by atoms with Crippen LogP contribution in [0.4, 0.5) is 4.79 Å². The number of benzene rings is 1. The number of nitrogens with zero attached hydrogens (tertiary/aromatic N) is 1. The molecular weight excluding hydrogens is 565 g/mol. The Kier molecular flexibility index (Phi) is 10.2. The molecule has 2 rings (SSSR count). The van der Waals surface area contributed by atoms with Crippen LogP contribution in [-0.2, 0) is 14.3 Å². The van der Waals surface area contributed by atoms with Crippen molar-refractivity contribution in [1.82, 2.24) is 10.2 Å². The van der Waals surface area contributed by atoms with E-state index in [1.807, 2.05) is 30.1 Å². The lowest BCUT2D eigenvalue weighted by Gasteiger charge is -2.31. The maximum Gasteiger partial charge on any atom is 0.411 e. The lowest BCUT2D eigenvalue weighted by Crippen LogP contribution is -2.57. The van der Waals surface area contributed by atoms with Crippen molar-refractivity contribution in [2.75, 3.05) is 13.7 Å². The summed E-state index contributed by atoms with van der Waals surface area (Å²) in [6, 6.07) is 3.48. The summed E-state index contributed by atoms with van der Waals surface area (Å²) in [6.45, 7) is 9.29. The summed E-state index contributed by atoms with van der Waals surface area (Å²) in [5.74, 6) is -0.103. The highest BCUT2D eigenvalue weighted by Gasteiger charge is 2.46. The summed E-state index contributed by atoms with van der Waals surface area (Å²) in [5.41, 5.74) is 5.64. The van der Waals surface area contributed by atoms with Gasteiger partial charge < -0.3 is 25.3 Å². The monoisotopic (exact) mass is 601 g/mol. The molecule has 1 heterocycles. The number of amides is 3. The number of carbonyl (C=O) groups excluding carboxylic acids is 3. The zero-order valence-corrected chi connectivity index (χ0v) is 23.3. The molecule has 1 fully saturated rings. The highest BCUT2D eigenvalue weighted by atomic mass is 127. The number of methoxy groups -OCH3 is 1. The van der Waals surface area contributed by atoms with E-state index in [9.17, 15) is 14.4 Å². The van der Waals surface area contributed by atoms with E-state index in [2.05, 4.69) is 27.9 Å². The Labute approximate surface area is 220 Å². The molecule has 0 spiro atoms. The third kappa shape index (κ3) is 7.74. The van der Waals surface area contributed by atoms with Crippen molar-refractivity contribution in [2.24, 2.45) is 11.7 Å². The first-order valence-corrected chi connectivity index (χ1v) is 12.9. The lowest BCUT2D eigenvalue weighted by molar-refractivity contribution is -0.132. The molecule has 9 nitrogen and oxygen atoms in total. The third-order valence-electron chi connectivity index (χ3n) is 5.79. The van der Waals surface area contributed by atoms with Crippen LogP contribution in [0.1, 0.15) is 53.0 Å². The number of nitrogens with two attached hydrogens (primary N) is 1. The highest BCUT2D eigenvalue weighted by Crippen LogP contribution is 2.30. The van der Waals surface area contributed by atoms with Crippen LogP contribution >= 0.6 is 22.6 Å². The van der Waals surface area contributed by atoms with E-state index in [0.29, 0.717) is 24.3 Å². The Morgan fingerprint density at radius 2 is 2.00 bits per heavy atom. The first kappa shape index (κ1) is 28.7. The Hall–Kier alpha value is -2.50. The van der Waals surface area contributed by atoms with Crippen LogP contribution < -0.4 is 20.5 Å². The fraction of sp³-hybridized carbons (Fsp3) is 0.560. The fourth-order valence-corrected chi connectivity index (χ4v) is 4.24. The first-order valence-electron chi connectivity index (χ1n) is 11.6. The smallest absolute Gasteiger partial charge is 0.411 e. The number of hydrogen-bond donors (Lipinski definition) is 2.